The predicted molar refractivity (Wildman–Crippen MR) is 83.4 cm³/mol. The molecule has 1 fully saturated rings. The molecule has 4 heteroatoms. The Labute approximate surface area is 124 Å². The number of anilines is 1. The van der Waals surface area contributed by atoms with Crippen molar-refractivity contribution in [2.24, 2.45) is 5.10 Å². The lowest BCUT2D eigenvalue weighted by atomic mass is 10.1. The summed E-state index contributed by atoms with van der Waals surface area (Å²) < 4.78 is 11.3. The summed E-state index contributed by atoms with van der Waals surface area (Å²) in [5.74, 6) is 0. The standard InChI is InChI=1S/C17H18N2O2/c1-2-8-15(9-3-1)19-18-13-14-7-4-5-10-16(14)17-20-11-6-12-21-17/h1-5,7-10,13,17,19H,6,11-12H2. The van der Waals surface area contributed by atoms with Crippen LogP contribution >= 0.6 is 0 Å². The maximum atomic E-state index is 5.66. The van der Waals surface area contributed by atoms with Crippen molar-refractivity contribution >= 4 is 11.9 Å². The van der Waals surface area contributed by atoms with Gasteiger partial charge in [0.05, 0.1) is 25.1 Å². The molecule has 1 saturated heterocycles. The number of hydrogen-bond donors (Lipinski definition) is 1. The molecule has 0 aromatic heterocycles. The van der Waals surface area contributed by atoms with Gasteiger partial charge in [0.1, 0.15) is 0 Å². The van der Waals surface area contributed by atoms with E-state index in [0.717, 1.165) is 36.4 Å². The molecule has 1 N–H and O–H groups in total. The molecule has 0 spiro atoms. The molecule has 3 rings (SSSR count). The lowest BCUT2D eigenvalue weighted by molar-refractivity contribution is -0.183. The molecule has 1 aliphatic heterocycles. The third kappa shape index (κ3) is 3.68. The van der Waals surface area contributed by atoms with Crippen molar-refractivity contribution in [3.63, 3.8) is 0 Å². The largest absolute Gasteiger partial charge is 0.348 e. The first kappa shape index (κ1) is 13.8. The van der Waals surface area contributed by atoms with Gasteiger partial charge in [0, 0.05) is 11.1 Å². The number of benzene rings is 2. The Morgan fingerprint density at radius 2 is 1.67 bits per heavy atom. The van der Waals surface area contributed by atoms with Crippen LogP contribution in [0.4, 0.5) is 5.69 Å². The Balaban J connectivity index is 1.72. The van der Waals surface area contributed by atoms with Crippen LogP contribution in [0.25, 0.3) is 0 Å². The molecule has 0 radical (unpaired) electrons. The second-order valence-electron chi connectivity index (χ2n) is 4.79. The van der Waals surface area contributed by atoms with E-state index in [1.54, 1.807) is 6.21 Å². The molecule has 2 aromatic carbocycles. The molecule has 1 aliphatic rings. The minimum atomic E-state index is -0.293. The minimum absolute atomic E-state index is 0.293. The topological polar surface area (TPSA) is 42.9 Å². The van der Waals surface area contributed by atoms with Crippen molar-refractivity contribution < 1.29 is 9.47 Å². The normalized spacial score (nSPS) is 16.2. The number of para-hydroxylation sites is 1. The molecular weight excluding hydrogens is 264 g/mol. The first-order valence-electron chi connectivity index (χ1n) is 7.10. The van der Waals surface area contributed by atoms with Crippen molar-refractivity contribution in [1.82, 2.24) is 0 Å². The van der Waals surface area contributed by atoms with Crippen molar-refractivity contribution in [2.75, 3.05) is 18.6 Å². The van der Waals surface area contributed by atoms with Gasteiger partial charge < -0.3 is 9.47 Å². The lowest BCUT2D eigenvalue weighted by Gasteiger charge is -2.24. The van der Waals surface area contributed by atoms with Crippen molar-refractivity contribution in [1.29, 1.82) is 0 Å². The maximum absolute atomic E-state index is 5.66. The number of ether oxygens (including phenoxy) is 2. The quantitative estimate of drug-likeness (QED) is 0.688. The van der Waals surface area contributed by atoms with E-state index in [1.807, 2.05) is 54.6 Å². The molecule has 0 saturated carbocycles. The van der Waals surface area contributed by atoms with Gasteiger partial charge >= 0.3 is 0 Å². The SMILES string of the molecule is C(=NNc1ccccc1)c1ccccc1C1OCCCO1. The van der Waals surface area contributed by atoms with Crippen molar-refractivity contribution in [2.45, 2.75) is 12.7 Å². The Kier molecular flexibility index (Phi) is 4.61. The zero-order valence-electron chi connectivity index (χ0n) is 11.7. The smallest absolute Gasteiger partial charge is 0.184 e. The second kappa shape index (κ2) is 7.02. The summed E-state index contributed by atoms with van der Waals surface area (Å²) in [5, 5.41) is 4.28. The number of nitrogens with one attached hydrogen (secondary N) is 1. The highest BCUT2D eigenvalue weighted by molar-refractivity contribution is 5.82. The van der Waals surface area contributed by atoms with E-state index >= 15 is 0 Å². The fourth-order valence-electron chi connectivity index (χ4n) is 2.20. The Morgan fingerprint density at radius 3 is 2.48 bits per heavy atom. The molecule has 0 unspecified atom stereocenters. The van der Waals surface area contributed by atoms with Gasteiger partial charge in [0.15, 0.2) is 6.29 Å². The van der Waals surface area contributed by atoms with Gasteiger partial charge in [0.25, 0.3) is 0 Å². The number of rotatable bonds is 4. The Bertz CT molecular complexity index is 593. The second-order valence-corrected chi connectivity index (χ2v) is 4.79. The predicted octanol–water partition coefficient (Wildman–Crippen LogP) is 3.57. The Morgan fingerprint density at radius 1 is 0.952 bits per heavy atom. The van der Waals surface area contributed by atoms with Crippen LogP contribution in [0.5, 0.6) is 0 Å². The molecule has 21 heavy (non-hydrogen) atoms. The fraction of sp³-hybridized carbons (Fsp3) is 0.235. The van der Waals surface area contributed by atoms with Crippen LogP contribution < -0.4 is 5.43 Å². The zero-order chi connectivity index (χ0) is 14.3. The molecule has 2 aromatic rings. The summed E-state index contributed by atoms with van der Waals surface area (Å²) in [6, 6.07) is 17.8. The molecule has 0 aliphatic carbocycles. The van der Waals surface area contributed by atoms with Gasteiger partial charge in [-0.25, -0.2) is 0 Å². The number of nitrogens with zero attached hydrogens (tertiary/aromatic N) is 1. The highest BCUT2D eigenvalue weighted by Crippen LogP contribution is 2.25. The van der Waals surface area contributed by atoms with Gasteiger partial charge in [-0.1, -0.05) is 42.5 Å². The van der Waals surface area contributed by atoms with E-state index in [0.29, 0.717) is 0 Å². The summed E-state index contributed by atoms with van der Waals surface area (Å²) in [5.41, 5.74) is 5.97. The number of hydrazone groups is 1. The first-order valence-corrected chi connectivity index (χ1v) is 7.10. The summed E-state index contributed by atoms with van der Waals surface area (Å²) in [6.45, 7) is 1.47. The van der Waals surface area contributed by atoms with Gasteiger partial charge in [0.2, 0.25) is 0 Å². The molecule has 0 atom stereocenters. The molecule has 4 nitrogen and oxygen atoms in total. The average molecular weight is 282 g/mol. The third-order valence-electron chi connectivity index (χ3n) is 3.25. The van der Waals surface area contributed by atoms with Gasteiger partial charge in [-0.15, -0.1) is 0 Å². The van der Waals surface area contributed by atoms with Crippen LogP contribution in [-0.2, 0) is 9.47 Å². The van der Waals surface area contributed by atoms with E-state index in [2.05, 4.69) is 10.5 Å². The highest BCUT2D eigenvalue weighted by Gasteiger charge is 2.18. The summed E-state index contributed by atoms with van der Waals surface area (Å²) in [7, 11) is 0. The Hall–Kier alpha value is -2.17. The lowest BCUT2D eigenvalue weighted by Crippen LogP contribution is -2.18. The molecular formula is C17H18N2O2. The summed E-state index contributed by atoms with van der Waals surface area (Å²) in [4.78, 5) is 0. The van der Waals surface area contributed by atoms with Crippen molar-refractivity contribution in [3.8, 4) is 0 Å². The monoisotopic (exact) mass is 282 g/mol. The van der Waals surface area contributed by atoms with Crippen LogP contribution in [0.1, 0.15) is 23.8 Å². The van der Waals surface area contributed by atoms with Crippen molar-refractivity contribution in [3.05, 3.63) is 65.7 Å². The minimum Gasteiger partial charge on any atom is -0.348 e. The van der Waals surface area contributed by atoms with Crippen LogP contribution in [0.15, 0.2) is 59.7 Å². The fourth-order valence-corrected chi connectivity index (χ4v) is 2.20. The van der Waals surface area contributed by atoms with Gasteiger partial charge in [-0.2, -0.15) is 5.10 Å². The number of hydrogen-bond acceptors (Lipinski definition) is 4. The van der Waals surface area contributed by atoms with Crippen LogP contribution in [0, 0.1) is 0 Å². The van der Waals surface area contributed by atoms with Crippen LogP contribution in [0.3, 0.4) is 0 Å². The third-order valence-corrected chi connectivity index (χ3v) is 3.25. The molecule has 108 valence electrons. The molecule has 0 amide bonds. The van der Waals surface area contributed by atoms with E-state index in [4.69, 9.17) is 9.47 Å². The van der Waals surface area contributed by atoms with Crippen LogP contribution in [-0.4, -0.2) is 19.4 Å². The highest BCUT2D eigenvalue weighted by atomic mass is 16.7. The summed E-state index contributed by atoms with van der Waals surface area (Å²) >= 11 is 0. The first-order chi connectivity index (χ1) is 10.4. The van der Waals surface area contributed by atoms with E-state index in [-0.39, 0.29) is 6.29 Å². The molecule has 0 bridgehead atoms. The average Bonchev–Trinajstić information content (AvgIpc) is 2.57. The molecule has 1 heterocycles. The zero-order valence-corrected chi connectivity index (χ0v) is 11.7. The van der Waals surface area contributed by atoms with Gasteiger partial charge in [-0.3, -0.25) is 5.43 Å². The maximum Gasteiger partial charge on any atom is 0.184 e. The van der Waals surface area contributed by atoms with E-state index < -0.39 is 0 Å². The van der Waals surface area contributed by atoms with Gasteiger partial charge in [-0.05, 0) is 18.6 Å². The van der Waals surface area contributed by atoms with E-state index in [1.165, 1.54) is 0 Å². The van der Waals surface area contributed by atoms with Crippen LogP contribution in [0.2, 0.25) is 0 Å². The van der Waals surface area contributed by atoms with E-state index in [9.17, 15) is 0 Å². The summed E-state index contributed by atoms with van der Waals surface area (Å²) in [6.07, 6.45) is 2.45.